The highest BCUT2D eigenvalue weighted by molar-refractivity contribution is 5.85. The fourth-order valence-electron chi connectivity index (χ4n) is 2.41. The molecule has 1 amide bonds. The van der Waals surface area contributed by atoms with Gasteiger partial charge in [0, 0.05) is 52.0 Å². The first-order valence-corrected chi connectivity index (χ1v) is 7.36. The highest BCUT2D eigenvalue weighted by atomic mass is 16.5. The molecule has 0 radical (unpaired) electrons. The first-order valence-electron chi connectivity index (χ1n) is 7.36. The van der Waals surface area contributed by atoms with Gasteiger partial charge >= 0.3 is 0 Å². The minimum atomic E-state index is -0.859. The molecule has 0 aliphatic carbocycles. The van der Waals surface area contributed by atoms with E-state index < -0.39 is 5.60 Å². The largest absolute Gasteiger partial charge is 0.478 e. The summed E-state index contributed by atoms with van der Waals surface area (Å²) in [6.45, 7) is 6.84. The van der Waals surface area contributed by atoms with E-state index in [-0.39, 0.29) is 5.91 Å². The van der Waals surface area contributed by atoms with Crippen molar-refractivity contribution < 1.29 is 9.53 Å². The zero-order chi connectivity index (χ0) is 15.5. The molecule has 1 N–H and O–H groups in total. The molecule has 5 heteroatoms. The average Bonchev–Trinajstić information content (AvgIpc) is 2.47. The van der Waals surface area contributed by atoms with Crippen LogP contribution in [0.3, 0.4) is 0 Å². The zero-order valence-electron chi connectivity index (χ0n) is 13.3. The Morgan fingerprint density at radius 3 is 2.57 bits per heavy atom. The summed E-state index contributed by atoms with van der Waals surface area (Å²) in [6, 6.07) is 7.79. The van der Waals surface area contributed by atoms with Crippen molar-refractivity contribution in [3.8, 4) is 5.75 Å². The Labute approximate surface area is 126 Å². The van der Waals surface area contributed by atoms with Crippen molar-refractivity contribution in [2.24, 2.45) is 0 Å². The normalized spacial score (nSPS) is 15.7. The van der Waals surface area contributed by atoms with Crippen molar-refractivity contribution in [3.05, 3.63) is 24.3 Å². The highest BCUT2D eigenvalue weighted by Crippen LogP contribution is 2.24. The van der Waals surface area contributed by atoms with Crippen molar-refractivity contribution >= 4 is 11.6 Å². The Hall–Kier alpha value is -1.75. The molecule has 2 rings (SSSR count). The molecule has 0 unspecified atom stereocenters. The Morgan fingerprint density at radius 1 is 1.29 bits per heavy atom. The molecule has 0 bridgehead atoms. The van der Waals surface area contributed by atoms with Gasteiger partial charge in [-0.25, -0.2) is 0 Å². The fourth-order valence-corrected chi connectivity index (χ4v) is 2.41. The van der Waals surface area contributed by atoms with E-state index in [4.69, 9.17) is 4.74 Å². The fraction of sp³-hybridized carbons (Fsp3) is 0.562. The summed E-state index contributed by atoms with van der Waals surface area (Å²) in [5.41, 5.74) is 0.195. The molecule has 21 heavy (non-hydrogen) atoms. The van der Waals surface area contributed by atoms with Gasteiger partial charge in [0.25, 0.3) is 5.91 Å². The third-order valence-corrected chi connectivity index (χ3v) is 3.63. The number of piperazine rings is 1. The van der Waals surface area contributed by atoms with Crippen molar-refractivity contribution in [2.75, 3.05) is 45.2 Å². The number of carbonyl (C=O) groups excluding carboxylic acids is 1. The number of ether oxygens (including phenoxy) is 1. The number of carbonyl (C=O) groups is 1. The molecule has 0 atom stereocenters. The molecule has 1 aromatic rings. The molecule has 116 valence electrons. The lowest BCUT2D eigenvalue weighted by Crippen LogP contribution is -2.54. The summed E-state index contributed by atoms with van der Waals surface area (Å²) in [7, 11) is 3.96. The number of nitrogens with one attached hydrogen (secondary N) is 1. The molecular weight excluding hydrogens is 266 g/mol. The van der Waals surface area contributed by atoms with Crippen LogP contribution in [0.25, 0.3) is 0 Å². The monoisotopic (exact) mass is 291 g/mol. The quantitative estimate of drug-likeness (QED) is 0.909. The van der Waals surface area contributed by atoms with Crippen LogP contribution >= 0.6 is 0 Å². The summed E-state index contributed by atoms with van der Waals surface area (Å²) < 4.78 is 5.97. The van der Waals surface area contributed by atoms with Crippen LogP contribution in [0.4, 0.5) is 5.69 Å². The SMILES string of the molecule is CN(C)c1cccc(OC(C)(C)C(=O)N2CCNCC2)c1. The second-order valence-electron chi connectivity index (χ2n) is 6.05. The van der Waals surface area contributed by atoms with Crippen molar-refractivity contribution in [1.29, 1.82) is 0 Å². The van der Waals surface area contributed by atoms with Gasteiger partial charge in [0.2, 0.25) is 0 Å². The molecule has 1 aromatic carbocycles. The average molecular weight is 291 g/mol. The summed E-state index contributed by atoms with van der Waals surface area (Å²) in [5, 5.41) is 3.25. The second kappa shape index (κ2) is 6.35. The van der Waals surface area contributed by atoms with Crippen LogP contribution in [0, 0.1) is 0 Å². The van der Waals surface area contributed by atoms with Crippen LogP contribution in [0.5, 0.6) is 5.75 Å². The lowest BCUT2D eigenvalue weighted by Gasteiger charge is -2.34. The zero-order valence-corrected chi connectivity index (χ0v) is 13.3. The topological polar surface area (TPSA) is 44.8 Å². The smallest absolute Gasteiger partial charge is 0.266 e. The lowest BCUT2D eigenvalue weighted by molar-refractivity contribution is -0.146. The van der Waals surface area contributed by atoms with Gasteiger partial charge in [-0.1, -0.05) is 6.07 Å². The summed E-state index contributed by atoms with van der Waals surface area (Å²) in [6.07, 6.45) is 0. The first-order chi connectivity index (χ1) is 9.90. The maximum Gasteiger partial charge on any atom is 0.266 e. The molecule has 0 aromatic heterocycles. The standard InChI is InChI=1S/C16H25N3O2/c1-16(2,15(20)19-10-8-17-9-11-19)21-14-7-5-6-13(12-14)18(3)4/h5-7,12,17H,8-11H2,1-4H3. The number of rotatable bonds is 4. The van der Waals surface area contributed by atoms with E-state index in [0.29, 0.717) is 0 Å². The Bertz CT molecular complexity index is 494. The molecule has 1 aliphatic heterocycles. The maximum absolute atomic E-state index is 12.6. The third kappa shape index (κ3) is 3.88. The third-order valence-electron chi connectivity index (χ3n) is 3.63. The number of hydrogen-bond donors (Lipinski definition) is 1. The van der Waals surface area contributed by atoms with Crippen molar-refractivity contribution in [3.63, 3.8) is 0 Å². The van der Waals surface area contributed by atoms with E-state index in [9.17, 15) is 4.79 Å². The van der Waals surface area contributed by atoms with E-state index in [0.717, 1.165) is 37.6 Å². The summed E-state index contributed by atoms with van der Waals surface area (Å²) in [4.78, 5) is 16.5. The number of amides is 1. The molecular formula is C16H25N3O2. The highest BCUT2D eigenvalue weighted by Gasteiger charge is 2.34. The van der Waals surface area contributed by atoms with Crippen molar-refractivity contribution in [2.45, 2.75) is 19.4 Å². The molecule has 0 saturated carbocycles. The molecule has 5 nitrogen and oxygen atoms in total. The Morgan fingerprint density at radius 2 is 1.95 bits per heavy atom. The Kier molecular flexibility index (Phi) is 4.73. The van der Waals surface area contributed by atoms with Crippen LogP contribution in [-0.2, 0) is 4.79 Å². The van der Waals surface area contributed by atoms with Gasteiger partial charge in [-0.2, -0.15) is 0 Å². The van der Waals surface area contributed by atoms with E-state index in [1.165, 1.54) is 0 Å². The maximum atomic E-state index is 12.6. The first kappa shape index (κ1) is 15.6. The number of anilines is 1. The molecule has 1 heterocycles. The molecule has 1 saturated heterocycles. The van der Waals surface area contributed by atoms with E-state index in [1.54, 1.807) is 0 Å². The minimum Gasteiger partial charge on any atom is -0.478 e. The predicted octanol–water partition coefficient (Wildman–Crippen LogP) is 1.34. The van der Waals surface area contributed by atoms with Gasteiger partial charge in [-0.05, 0) is 26.0 Å². The Balaban J connectivity index is 2.08. The van der Waals surface area contributed by atoms with Crippen molar-refractivity contribution in [1.82, 2.24) is 10.2 Å². The predicted molar refractivity (Wildman–Crippen MR) is 84.9 cm³/mol. The van der Waals surface area contributed by atoms with Gasteiger partial charge in [-0.15, -0.1) is 0 Å². The number of nitrogens with zero attached hydrogens (tertiary/aromatic N) is 2. The minimum absolute atomic E-state index is 0.0410. The van der Waals surface area contributed by atoms with Crippen LogP contribution < -0.4 is 15.0 Å². The number of hydrogen-bond acceptors (Lipinski definition) is 4. The summed E-state index contributed by atoms with van der Waals surface area (Å²) >= 11 is 0. The molecule has 1 aliphatic rings. The van der Waals surface area contributed by atoms with Gasteiger partial charge in [0.15, 0.2) is 5.60 Å². The van der Waals surface area contributed by atoms with Crippen LogP contribution in [-0.4, -0.2) is 56.7 Å². The summed E-state index contributed by atoms with van der Waals surface area (Å²) in [5.74, 6) is 0.758. The van der Waals surface area contributed by atoms with E-state index in [2.05, 4.69) is 5.32 Å². The molecule has 1 fully saturated rings. The lowest BCUT2D eigenvalue weighted by atomic mass is 10.1. The van der Waals surface area contributed by atoms with E-state index in [1.807, 2.05) is 62.0 Å². The van der Waals surface area contributed by atoms with E-state index >= 15 is 0 Å². The number of benzene rings is 1. The van der Waals surface area contributed by atoms with Gasteiger partial charge < -0.3 is 19.9 Å². The van der Waals surface area contributed by atoms with Gasteiger partial charge in [-0.3, -0.25) is 4.79 Å². The second-order valence-corrected chi connectivity index (χ2v) is 6.05. The van der Waals surface area contributed by atoms with Gasteiger partial charge in [0.1, 0.15) is 5.75 Å². The van der Waals surface area contributed by atoms with Crippen LogP contribution in [0.15, 0.2) is 24.3 Å². The molecule has 0 spiro atoms. The van der Waals surface area contributed by atoms with Crippen LogP contribution in [0.2, 0.25) is 0 Å². The van der Waals surface area contributed by atoms with Crippen LogP contribution in [0.1, 0.15) is 13.8 Å². The van der Waals surface area contributed by atoms with Gasteiger partial charge in [0.05, 0.1) is 0 Å².